The Labute approximate surface area is 211 Å². The third kappa shape index (κ3) is 21.9. The molecule has 1 amide bonds. The number of carbonyl (C=O) groups is 1. The number of allylic oxidation sites excluding steroid dienone is 9. The maximum atomic E-state index is 12.2. The van der Waals surface area contributed by atoms with Gasteiger partial charge in [-0.3, -0.25) is 4.79 Å². The Kier molecular flexibility index (Phi) is 22.9. The molecule has 0 aliphatic carbocycles. The van der Waals surface area contributed by atoms with Gasteiger partial charge >= 0.3 is 0 Å². The molecule has 3 nitrogen and oxygen atoms in total. The quantitative estimate of drug-likeness (QED) is 0.0944. The van der Waals surface area contributed by atoms with Crippen LogP contribution in [0.15, 0.2) is 60.8 Å². The highest BCUT2D eigenvalue weighted by molar-refractivity contribution is 5.87. The Morgan fingerprint density at radius 1 is 0.647 bits per heavy atom. The standard InChI is InChI=1S/C31H53NO2/c1-4-7-10-12-13-14-15-16-17-18-19-20-21-22-23-26-30(33)32-29-31(34,27-24-9-6-3)28-25-11-8-5-2/h13-20,23,26,34H,4-12,21-22,24-25,27-29H2,1-3H3,(H,32,33). The first-order chi connectivity index (χ1) is 16.6. The van der Waals surface area contributed by atoms with Gasteiger partial charge in [0.1, 0.15) is 0 Å². The number of unbranched alkanes of at least 4 members (excludes halogenated alkanes) is 9. The predicted octanol–water partition coefficient (Wildman–Crippen LogP) is 8.53. The van der Waals surface area contributed by atoms with E-state index in [4.69, 9.17) is 0 Å². The van der Waals surface area contributed by atoms with Crippen molar-refractivity contribution in [2.45, 2.75) is 123 Å². The number of hydrogen-bond donors (Lipinski definition) is 2. The fraction of sp³-hybridized carbons (Fsp3) is 0.645. The molecule has 1 atom stereocenters. The van der Waals surface area contributed by atoms with Crippen molar-refractivity contribution >= 4 is 5.91 Å². The summed E-state index contributed by atoms with van der Waals surface area (Å²) in [5.41, 5.74) is -0.777. The molecule has 2 N–H and O–H groups in total. The van der Waals surface area contributed by atoms with Gasteiger partial charge in [-0.1, -0.05) is 133 Å². The smallest absolute Gasteiger partial charge is 0.243 e. The van der Waals surface area contributed by atoms with E-state index in [0.29, 0.717) is 6.54 Å². The van der Waals surface area contributed by atoms with Crippen molar-refractivity contribution in [3.05, 3.63) is 60.8 Å². The van der Waals surface area contributed by atoms with Crippen molar-refractivity contribution < 1.29 is 9.90 Å². The molecule has 0 rings (SSSR count). The molecular formula is C31H53NO2. The third-order valence-electron chi connectivity index (χ3n) is 5.90. The van der Waals surface area contributed by atoms with Gasteiger partial charge in [0.15, 0.2) is 0 Å². The molecule has 1 unspecified atom stereocenters. The van der Waals surface area contributed by atoms with E-state index in [9.17, 15) is 9.90 Å². The molecule has 194 valence electrons. The van der Waals surface area contributed by atoms with Crippen LogP contribution in [0, 0.1) is 0 Å². The normalized spacial score (nSPS) is 14.4. The zero-order valence-electron chi connectivity index (χ0n) is 22.4. The number of aliphatic hydroxyl groups is 1. The first-order valence-corrected chi connectivity index (χ1v) is 13.9. The van der Waals surface area contributed by atoms with E-state index in [2.05, 4.69) is 50.4 Å². The van der Waals surface area contributed by atoms with Crippen molar-refractivity contribution in [1.82, 2.24) is 5.32 Å². The van der Waals surface area contributed by atoms with E-state index in [1.807, 2.05) is 30.4 Å². The molecular weight excluding hydrogens is 418 g/mol. The monoisotopic (exact) mass is 471 g/mol. The molecule has 0 aliphatic rings. The minimum atomic E-state index is -0.777. The van der Waals surface area contributed by atoms with Gasteiger partial charge < -0.3 is 10.4 Å². The molecule has 34 heavy (non-hydrogen) atoms. The summed E-state index contributed by atoms with van der Waals surface area (Å²) < 4.78 is 0. The highest BCUT2D eigenvalue weighted by Crippen LogP contribution is 2.22. The van der Waals surface area contributed by atoms with E-state index in [1.54, 1.807) is 6.08 Å². The summed E-state index contributed by atoms with van der Waals surface area (Å²) in [6.45, 7) is 6.94. The summed E-state index contributed by atoms with van der Waals surface area (Å²) in [7, 11) is 0. The van der Waals surface area contributed by atoms with E-state index < -0.39 is 5.60 Å². The average Bonchev–Trinajstić information content (AvgIpc) is 2.83. The van der Waals surface area contributed by atoms with Crippen LogP contribution < -0.4 is 5.32 Å². The second-order valence-corrected chi connectivity index (χ2v) is 9.31. The topological polar surface area (TPSA) is 49.3 Å². The average molecular weight is 472 g/mol. The van der Waals surface area contributed by atoms with E-state index in [1.165, 1.54) is 32.1 Å². The highest BCUT2D eigenvalue weighted by Gasteiger charge is 2.26. The number of nitrogens with one attached hydrogen (secondary N) is 1. The molecule has 0 aromatic rings. The Balaban J connectivity index is 4.14. The van der Waals surface area contributed by atoms with Gasteiger partial charge in [-0.2, -0.15) is 0 Å². The maximum absolute atomic E-state index is 12.2. The Morgan fingerprint density at radius 3 is 1.79 bits per heavy atom. The van der Waals surface area contributed by atoms with Crippen molar-refractivity contribution in [3.63, 3.8) is 0 Å². The van der Waals surface area contributed by atoms with Crippen LogP contribution in [0.2, 0.25) is 0 Å². The third-order valence-corrected chi connectivity index (χ3v) is 5.90. The van der Waals surface area contributed by atoms with Crippen molar-refractivity contribution in [3.8, 4) is 0 Å². The Morgan fingerprint density at radius 2 is 1.15 bits per heavy atom. The molecule has 0 aromatic carbocycles. The molecule has 0 saturated heterocycles. The van der Waals surface area contributed by atoms with Crippen LogP contribution in [-0.2, 0) is 4.79 Å². The summed E-state index contributed by atoms with van der Waals surface area (Å²) in [6, 6.07) is 0. The van der Waals surface area contributed by atoms with Gasteiger partial charge in [0.2, 0.25) is 5.91 Å². The van der Waals surface area contributed by atoms with Gasteiger partial charge in [0.25, 0.3) is 0 Å². The zero-order chi connectivity index (χ0) is 25.2. The zero-order valence-corrected chi connectivity index (χ0v) is 22.4. The molecule has 0 bridgehead atoms. The van der Waals surface area contributed by atoms with Gasteiger partial charge in [-0.15, -0.1) is 0 Å². The van der Waals surface area contributed by atoms with Crippen LogP contribution in [0.4, 0.5) is 0 Å². The second kappa shape index (κ2) is 24.3. The minimum absolute atomic E-state index is 0.112. The van der Waals surface area contributed by atoms with Crippen LogP contribution >= 0.6 is 0 Å². The van der Waals surface area contributed by atoms with Gasteiger partial charge in [-0.25, -0.2) is 0 Å². The fourth-order valence-electron chi connectivity index (χ4n) is 3.70. The number of rotatable bonds is 22. The van der Waals surface area contributed by atoms with Crippen LogP contribution in [-0.4, -0.2) is 23.2 Å². The Hall–Kier alpha value is -1.87. The lowest BCUT2D eigenvalue weighted by atomic mass is 9.90. The van der Waals surface area contributed by atoms with Crippen LogP contribution in [0.5, 0.6) is 0 Å². The van der Waals surface area contributed by atoms with Gasteiger partial charge in [0.05, 0.1) is 5.60 Å². The first kappa shape index (κ1) is 32.1. The van der Waals surface area contributed by atoms with Crippen LogP contribution in [0.1, 0.15) is 117 Å². The summed E-state index contributed by atoms with van der Waals surface area (Å²) in [6.07, 6.45) is 36.2. The lowest BCUT2D eigenvalue weighted by Crippen LogP contribution is -2.42. The SMILES string of the molecule is CCCCCC=CC=CC=CC=CCCC=CC(=O)NCC(O)(CCCCC)CCCCCC. The van der Waals surface area contributed by atoms with Crippen molar-refractivity contribution in [2.75, 3.05) is 6.54 Å². The molecule has 0 aromatic heterocycles. The molecule has 0 heterocycles. The lowest BCUT2D eigenvalue weighted by molar-refractivity contribution is -0.118. The van der Waals surface area contributed by atoms with Gasteiger partial charge in [0, 0.05) is 6.54 Å². The highest BCUT2D eigenvalue weighted by atomic mass is 16.3. The summed E-state index contributed by atoms with van der Waals surface area (Å²) in [4.78, 5) is 12.2. The Bertz CT molecular complexity index is 615. The lowest BCUT2D eigenvalue weighted by Gasteiger charge is -2.28. The van der Waals surface area contributed by atoms with E-state index in [-0.39, 0.29) is 5.91 Å². The molecule has 0 aliphatic heterocycles. The number of carbonyl (C=O) groups excluding carboxylic acids is 1. The maximum Gasteiger partial charge on any atom is 0.243 e. The minimum Gasteiger partial charge on any atom is -0.388 e. The summed E-state index contributed by atoms with van der Waals surface area (Å²) in [5.74, 6) is -0.112. The summed E-state index contributed by atoms with van der Waals surface area (Å²) >= 11 is 0. The first-order valence-electron chi connectivity index (χ1n) is 13.9. The number of amides is 1. The summed E-state index contributed by atoms with van der Waals surface area (Å²) in [5, 5.41) is 13.9. The fourth-order valence-corrected chi connectivity index (χ4v) is 3.70. The van der Waals surface area contributed by atoms with Crippen LogP contribution in [0.3, 0.4) is 0 Å². The van der Waals surface area contributed by atoms with E-state index >= 15 is 0 Å². The molecule has 0 fully saturated rings. The van der Waals surface area contributed by atoms with Crippen molar-refractivity contribution in [1.29, 1.82) is 0 Å². The van der Waals surface area contributed by atoms with Gasteiger partial charge in [-0.05, 0) is 44.6 Å². The van der Waals surface area contributed by atoms with E-state index in [0.717, 1.165) is 64.2 Å². The molecule has 0 spiro atoms. The number of hydrogen-bond acceptors (Lipinski definition) is 2. The predicted molar refractivity (Wildman–Crippen MR) is 150 cm³/mol. The molecule has 0 radical (unpaired) electrons. The second-order valence-electron chi connectivity index (χ2n) is 9.31. The van der Waals surface area contributed by atoms with Crippen molar-refractivity contribution in [2.24, 2.45) is 0 Å². The molecule has 3 heteroatoms. The molecule has 0 saturated carbocycles. The van der Waals surface area contributed by atoms with Crippen LogP contribution in [0.25, 0.3) is 0 Å². The largest absolute Gasteiger partial charge is 0.388 e.